The number of ketones is 1. The van der Waals surface area contributed by atoms with Gasteiger partial charge in [-0.05, 0) is 31.2 Å². The number of Topliss-reactive ketones (excluding diaryl/α,β-unsaturated/α-hetero) is 1. The first kappa shape index (κ1) is 21.5. The Hall–Kier alpha value is -3.82. The molecule has 10 heteroatoms. The van der Waals surface area contributed by atoms with Gasteiger partial charge in [0.25, 0.3) is 11.6 Å². The number of carbonyl (C=O) groups is 3. The number of nitro benzene ring substituents is 1. The van der Waals surface area contributed by atoms with Crippen molar-refractivity contribution >= 4 is 29.0 Å². The van der Waals surface area contributed by atoms with E-state index in [-0.39, 0.29) is 12.2 Å². The van der Waals surface area contributed by atoms with Crippen molar-refractivity contribution in [3.63, 3.8) is 0 Å². The molecule has 0 unspecified atom stereocenters. The van der Waals surface area contributed by atoms with E-state index in [1.807, 2.05) is 0 Å². The molecule has 9 nitrogen and oxygen atoms in total. The fraction of sp³-hybridized carbons (Fsp3) is 0.211. The Morgan fingerprint density at radius 2 is 1.90 bits per heavy atom. The van der Waals surface area contributed by atoms with Gasteiger partial charge in [-0.1, -0.05) is 0 Å². The molecule has 152 valence electrons. The van der Waals surface area contributed by atoms with Crippen LogP contribution in [0.4, 0.5) is 15.8 Å². The number of nitrogens with zero attached hydrogens (tertiary/aromatic N) is 1. The number of benzene rings is 2. The lowest BCUT2D eigenvalue weighted by Gasteiger charge is -2.10. The molecule has 29 heavy (non-hydrogen) atoms. The van der Waals surface area contributed by atoms with Crippen LogP contribution in [0.5, 0.6) is 5.75 Å². The molecule has 0 saturated heterocycles. The minimum atomic E-state index is -0.874. The fourth-order valence-corrected chi connectivity index (χ4v) is 2.40. The summed E-state index contributed by atoms with van der Waals surface area (Å²) in [6.07, 6.45) is -0.261. The second-order valence-corrected chi connectivity index (χ2v) is 5.89. The monoisotopic (exact) mass is 404 g/mol. The fourth-order valence-electron chi connectivity index (χ4n) is 2.40. The summed E-state index contributed by atoms with van der Waals surface area (Å²) in [6.45, 7) is 0.650. The molecular formula is C19H17FN2O7. The van der Waals surface area contributed by atoms with E-state index in [4.69, 9.17) is 9.47 Å². The molecule has 0 atom stereocenters. The number of methoxy groups -OCH3 is 1. The number of ether oxygens (including phenoxy) is 2. The average Bonchev–Trinajstić information content (AvgIpc) is 2.67. The van der Waals surface area contributed by atoms with Crippen molar-refractivity contribution in [2.75, 3.05) is 19.0 Å². The van der Waals surface area contributed by atoms with Gasteiger partial charge in [-0.2, -0.15) is 0 Å². The normalized spacial score (nSPS) is 10.2. The van der Waals surface area contributed by atoms with Crippen LogP contribution in [0.25, 0.3) is 0 Å². The number of carbonyl (C=O) groups excluding carboxylic acids is 3. The minimum Gasteiger partial charge on any atom is -0.496 e. The first-order valence-corrected chi connectivity index (χ1v) is 8.28. The predicted octanol–water partition coefficient (Wildman–Crippen LogP) is 2.67. The average molecular weight is 404 g/mol. The number of esters is 1. The van der Waals surface area contributed by atoms with Crippen LogP contribution in [-0.4, -0.2) is 36.3 Å². The number of nitro groups is 1. The molecule has 2 rings (SSSR count). The van der Waals surface area contributed by atoms with Crippen molar-refractivity contribution in [2.24, 2.45) is 0 Å². The summed E-state index contributed by atoms with van der Waals surface area (Å²) in [5.74, 6) is -2.35. The molecule has 0 fully saturated rings. The number of rotatable bonds is 8. The predicted molar refractivity (Wildman–Crippen MR) is 99.3 cm³/mol. The maximum Gasteiger partial charge on any atom is 0.310 e. The van der Waals surface area contributed by atoms with Crippen molar-refractivity contribution < 1.29 is 33.2 Å². The van der Waals surface area contributed by atoms with Gasteiger partial charge in [-0.25, -0.2) is 4.39 Å². The summed E-state index contributed by atoms with van der Waals surface area (Å²) in [7, 11) is 1.40. The van der Waals surface area contributed by atoms with Gasteiger partial charge < -0.3 is 14.8 Å². The van der Waals surface area contributed by atoms with Crippen LogP contribution >= 0.6 is 0 Å². The Kier molecular flexibility index (Phi) is 6.96. The van der Waals surface area contributed by atoms with E-state index >= 15 is 0 Å². The molecule has 0 aliphatic carbocycles. The maximum atomic E-state index is 13.7. The molecule has 0 spiro atoms. The third kappa shape index (κ3) is 5.83. The van der Waals surface area contributed by atoms with E-state index in [0.717, 1.165) is 18.2 Å². The highest BCUT2D eigenvalue weighted by molar-refractivity contribution is 5.95. The second kappa shape index (κ2) is 9.40. The standard InChI is InChI=1S/C19H17FN2O7/c1-11(23)12-3-6-17(28-2)13(7-12)8-19(25)29-10-18(24)21-16-9-14(22(26)27)4-5-15(16)20/h3-7,9H,8,10H2,1-2H3,(H,21,24). The zero-order valence-corrected chi connectivity index (χ0v) is 15.6. The third-order valence-electron chi connectivity index (χ3n) is 3.82. The number of amides is 1. The van der Waals surface area contributed by atoms with Gasteiger partial charge in [-0.15, -0.1) is 0 Å². The van der Waals surface area contributed by atoms with Crippen LogP contribution < -0.4 is 10.1 Å². The summed E-state index contributed by atoms with van der Waals surface area (Å²) >= 11 is 0. The minimum absolute atomic E-state index is 0.194. The second-order valence-electron chi connectivity index (χ2n) is 5.89. The quantitative estimate of drug-likeness (QED) is 0.310. The van der Waals surface area contributed by atoms with Crippen LogP contribution in [0.1, 0.15) is 22.8 Å². The van der Waals surface area contributed by atoms with Crippen molar-refractivity contribution in [1.29, 1.82) is 0 Å². The van der Waals surface area contributed by atoms with Crippen molar-refractivity contribution in [2.45, 2.75) is 13.3 Å². The summed E-state index contributed by atoms with van der Waals surface area (Å²) in [5.41, 5.74) is -0.0324. The van der Waals surface area contributed by atoms with Gasteiger partial charge >= 0.3 is 5.97 Å². The molecule has 0 aliphatic heterocycles. The number of anilines is 1. The number of halogens is 1. The SMILES string of the molecule is COc1ccc(C(C)=O)cc1CC(=O)OCC(=O)Nc1cc([N+](=O)[O-])ccc1F. The summed E-state index contributed by atoms with van der Waals surface area (Å²) in [4.78, 5) is 45.4. The molecule has 2 aromatic carbocycles. The highest BCUT2D eigenvalue weighted by atomic mass is 19.1. The van der Waals surface area contributed by atoms with E-state index in [1.165, 1.54) is 26.2 Å². The van der Waals surface area contributed by atoms with Gasteiger partial charge in [0.15, 0.2) is 12.4 Å². The highest BCUT2D eigenvalue weighted by Crippen LogP contribution is 2.22. The van der Waals surface area contributed by atoms with Crippen LogP contribution in [-0.2, 0) is 20.7 Å². The van der Waals surface area contributed by atoms with Crippen molar-refractivity contribution in [3.05, 3.63) is 63.5 Å². The molecule has 1 amide bonds. The number of non-ortho nitro benzene ring substituents is 1. The maximum absolute atomic E-state index is 13.7. The Morgan fingerprint density at radius 1 is 1.17 bits per heavy atom. The molecule has 2 aromatic rings. The molecule has 0 radical (unpaired) electrons. The van der Waals surface area contributed by atoms with E-state index in [0.29, 0.717) is 16.9 Å². The highest BCUT2D eigenvalue weighted by Gasteiger charge is 2.16. The Bertz CT molecular complexity index is 975. The summed E-state index contributed by atoms with van der Waals surface area (Å²) < 4.78 is 23.7. The molecule has 0 saturated carbocycles. The Labute approximate surface area is 164 Å². The first-order chi connectivity index (χ1) is 13.7. The lowest BCUT2D eigenvalue weighted by Crippen LogP contribution is -2.22. The molecular weight excluding hydrogens is 387 g/mol. The number of nitrogens with one attached hydrogen (secondary N) is 1. The number of hydrogen-bond acceptors (Lipinski definition) is 7. The smallest absolute Gasteiger partial charge is 0.310 e. The van der Waals surface area contributed by atoms with Gasteiger partial charge in [0, 0.05) is 23.3 Å². The van der Waals surface area contributed by atoms with Crippen molar-refractivity contribution in [1.82, 2.24) is 0 Å². The summed E-state index contributed by atoms with van der Waals surface area (Å²) in [5, 5.41) is 12.8. The Balaban J connectivity index is 1.98. The Morgan fingerprint density at radius 3 is 2.52 bits per heavy atom. The lowest BCUT2D eigenvalue weighted by atomic mass is 10.0. The molecule has 0 aromatic heterocycles. The molecule has 0 heterocycles. The topological polar surface area (TPSA) is 125 Å². The van der Waals surface area contributed by atoms with Crippen LogP contribution in [0.15, 0.2) is 36.4 Å². The zero-order chi connectivity index (χ0) is 21.6. The largest absolute Gasteiger partial charge is 0.496 e. The van der Waals surface area contributed by atoms with Gasteiger partial charge in [0.05, 0.1) is 24.1 Å². The van der Waals surface area contributed by atoms with Gasteiger partial charge in [-0.3, -0.25) is 24.5 Å². The van der Waals surface area contributed by atoms with Crippen LogP contribution in [0, 0.1) is 15.9 Å². The molecule has 0 bridgehead atoms. The van der Waals surface area contributed by atoms with Crippen LogP contribution in [0.3, 0.4) is 0 Å². The van der Waals surface area contributed by atoms with Crippen LogP contribution in [0.2, 0.25) is 0 Å². The van der Waals surface area contributed by atoms with E-state index in [1.54, 1.807) is 6.07 Å². The van der Waals surface area contributed by atoms with Gasteiger partial charge in [0.1, 0.15) is 11.6 Å². The molecule has 0 aliphatic rings. The first-order valence-electron chi connectivity index (χ1n) is 8.28. The zero-order valence-electron chi connectivity index (χ0n) is 15.6. The number of hydrogen-bond donors (Lipinski definition) is 1. The van der Waals surface area contributed by atoms with E-state index in [9.17, 15) is 28.9 Å². The molecule has 1 N–H and O–H groups in total. The summed E-state index contributed by atoms with van der Waals surface area (Å²) in [6, 6.07) is 7.23. The van der Waals surface area contributed by atoms with Crippen molar-refractivity contribution in [3.8, 4) is 5.75 Å². The van der Waals surface area contributed by atoms with E-state index < -0.39 is 40.6 Å². The van der Waals surface area contributed by atoms with E-state index in [2.05, 4.69) is 5.32 Å². The lowest BCUT2D eigenvalue weighted by molar-refractivity contribution is -0.384. The van der Waals surface area contributed by atoms with Gasteiger partial charge in [0.2, 0.25) is 0 Å². The third-order valence-corrected chi connectivity index (χ3v) is 3.82.